The van der Waals surface area contributed by atoms with Gasteiger partial charge in [-0.15, -0.1) is 0 Å². The van der Waals surface area contributed by atoms with E-state index in [4.69, 9.17) is 9.97 Å². The summed E-state index contributed by atoms with van der Waals surface area (Å²) in [6.45, 7) is 2.00. The fraction of sp³-hybridized carbons (Fsp3) is 0.200. The maximum Gasteiger partial charge on any atom is 0.0898 e. The van der Waals surface area contributed by atoms with Gasteiger partial charge >= 0.3 is 0 Å². The van der Waals surface area contributed by atoms with Crippen LogP contribution in [0.1, 0.15) is 11.1 Å². The molecule has 0 atom stereocenters. The highest BCUT2D eigenvalue weighted by Crippen LogP contribution is 2.22. The van der Waals surface area contributed by atoms with Crippen molar-refractivity contribution in [3.8, 4) is 0 Å². The van der Waals surface area contributed by atoms with E-state index in [1.807, 2.05) is 24.3 Å². The average Bonchev–Trinajstić information content (AvgIpc) is 2.42. The third kappa shape index (κ3) is 1.48. The number of para-hydroxylation sites is 2. The lowest BCUT2D eigenvalue weighted by Crippen LogP contribution is -2.23. The van der Waals surface area contributed by atoms with Crippen LogP contribution in [0.3, 0.4) is 0 Å². The van der Waals surface area contributed by atoms with E-state index in [1.54, 1.807) is 0 Å². The zero-order chi connectivity index (χ0) is 11.9. The van der Waals surface area contributed by atoms with Crippen molar-refractivity contribution < 1.29 is 0 Å². The first kappa shape index (κ1) is 9.97. The second-order valence-electron chi connectivity index (χ2n) is 4.75. The molecule has 1 aliphatic rings. The zero-order valence-electron chi connectivity index (χ0n) is 9.98. The molecule has 0 spiro atoms. The van der Waals surface area contributed by atoms with Crippen molar-refractivity contribution in [2.45, 2.75) is 13.0 Å². The van der Waals surface area contributed by atoms with Crippen LogP contribution in [0.4, 0.5) is 0 Å². The third-order valence-corrected chi connectivity index (χ3v) is 3.55. The molecule has 0 fully saturated rings. The molecule has 0 saturated heterocycles. The first-order valence-electron chi connectivity index (χ1n) is 6.29. The topological polar surface area (TPSA) is 37.8 Å². The molecule has 1 aromatic heterocycles. The fourth-order valence-corrected chi connectivity index (χ4v) is 2.60. The maximum atomic E-state index is 4.70. The van der Waals surface area contributed by atoms with Gasteiger partial charge in [0.25, 0.3) is 0 Å². The predicted octanol–water partition coefficient (Wildman–Crippen LogP) is 2.43. The van der Waals surface area contributed by atoms with E-state index in [9.17, 15) is 0 Å². The molecule has 1 N–H and O–H groups in total. The van der Waals surface area contributed by atoms with Crippen molar-refractivity contribution in [1.29, 1.82) is 0 Å². The van der Waals surface area contributed by atoms with Gasteiger partial charge in [-0.1, -0.05) is 12.1 Å². The summed E-state index contributed by atoms with van der Waals surface area (Å²) in [7, 11) is 0. The van der Waals surface area contributed by atoms with Gasteiger partial charge < -0.3 is 5.32 Å². The zero-order valence-corrected chi connectivity index (χ0v) is 9.98. The molecule has 0 bridgehead atoms. The van der Waals surface area contributed by atoms with Crippen LogP contribution >= 0.6 is 0 Å². The summed E-state index contributed by atoms with van der Waals surface area (Å²) < 4.78 is 0. The minimum Gasteiger partial charge on any atom is -0.312 e. The van der Waals surface area contributed by atoms with E-state index >= 15 is 0 Å². The standard InChI is InChI=1S/C15H13N3/c1-2-4-13-12(3-1)17-14-7-10-5-6-16-9-11(10)8-15(14)18-13/h1-4,7-8,16H,5-6,9H2. The number of hydrogen-bond donors (Lipinski definition) is 1. The van der Waals surface area contributed by atoms with Crippen LogP contribution in [0.2, 0.25) is 0 Å². The Morgan fingerprint density at radius 2 is 1.50 bits per heavy atom. The summed E-state index contributed by atoms with van der Waals surface area (Å²) in [6, 6.07) is 12.4. The van der Waals surface area contributed by atoms with Crippen LogP contribution in [0.15, 0.2) is 36.4 Å². The van der Waals surface area contributed by atoms with Gasteiger partial charge in [0.1, 0.15) is 0 Å². The molecule has 4 rings (SSSR count). The Bertz CT molecular complexity index is 685. The fourth-order valence-electron chi connectivity index (χ4n) is 2.60. The number of nitrogens with zero attached hydrogens (tertiary/aromatic N) is 2. The average molecular weight is 235 g/mol. The van der Waals surface area contributed by atoms with E-state index in [0.29, 0.717) is 0 Å². The van der Waals surface area contributed by atoms with Gasteiger partial charge in [0, 0.05) is 6.54 Å². The Kier molecular flexibility index (Phi) is 2.08. The van der Waals surface area contributed by atoms with E-state index in [2.05, 4.69) is 17.4 Å². The minimum absolute atomic E-state index is 0.944. The van der Waals surface area contributed by atoms with E-state index in [-0.39, 0.29) is 0 Å². The smallest absolute Gasteiger partial charge is 0.0898 e. The Labute approximate surface area is 105 Å². The molecule has 0 unspecified atom stereocenters. The van der Waals surface area contributed by atoms with E-state index in [0.717, 1.165) is 41.6 Å². The molecule has 2 heterocycles. The highest BCUT2D eigenvalue weighted by Gasteiger charge is 2.11. The maximum absolute atomic E-state index is 4.70. The summed E-state index contributed by atoms with van der Waals surface area (Å²) in [5.41, 5.74) is 6.71. The lowest BCUT2D eigenvalue weighted by molar-refractivity contribution is 0.645. The Morgan fingerprint density at radius 3 is 2.22 bits per heavy atom. The van der Waals surface area contributed by atoms with Gasteiger partial charge in [-0.25, -0.2) is 9.97 Å². The van der Waals surface area contributed by atoms with Gasteiger partial charge in [-0.05, 0) is 48.4 Å². The van der Waals surface area contributed by atoms with Crippen LogP contribution in [-0.2, 0) is 13.0 Å². The Morgan fingerprint density at radius 1 is 0.833 bits per heavy atom. The predicted molar refractivity (Wildman–Crippen MR) is 72.5 cm³/mol. The van der Waals surface area contributed by atoms with Crippen LogP contribution < -0.4 is 5.32 Å². The van der Waals surface area contributed by atoms with Crippen molar-refractivity contribution in [3.63, 3.8) is 0 Å². The first-order valence-corrected chi connectivity index (χ1v) is 6.29. The Hall–Kier alpha value is -2.00. The molecule has 0 radical (unpaired) electrons. The summed E-state index contributed by atoms with van der Waals surface area (Å²) in [5, 5.41) is 3.39. The Balaban J connectivity index is 2.05. The van der Waals surface area contributed by atoms with Crippen LogP contribution in [0, 0.1) is 0 Å². The van der Waals surface area contributed by atoms with Crippen molar-refractivity contribution in [2.75, 3.05) is 6.54 Å². The van der Waals surface area contributed by atoms with E-state index < -0.39 is 0 Å². The second-order valence-corrected chi connectivity index (χ2v) is 4.75. The molecule has 3 aromatic rings. The molecule has 0 aliphatic carbocycles. The van der Waals surface area contributed by atoms with Crippen LogP contribution in [-0.4, -0.2) is 16.5 Å². The molecule has 18 heavy (non-hydrogen) atoms. The normalized spacial score (nSPS) is 14.9. The first-order chi connectivity index (χ1) is 8.90. The number of hydrogen-bond acceptors (Lipinski definition) is 3. The molecule has 88 valence electrons. The van der Waals surface area contributed by atoms with Crippen LogP contribution in [0.5, 0.6) is 0 Å². The third-order valence-electron chi connectivity index (χ3n) is 3.55. The molecule has 3 heteroatoms. The van der Waals surface area contributed by atoms with Crippen LogP contribution in [0.25, 0.3) is 22.1 Å². The number of aromatic nitrogens is 2. The highest BCUT2D eigenvalue weighted by atomic mass is 14.9. The number of fused-ring (bicyclic) bond motifs is 3. The summed E-state index contributed by atoms with van der Waals surface area (Å²) in [5.74, 6) is 0. The molecule has 2 aromatic carbocycles. The number of rotatable bonds is 0. The quantitative estimate of drug-likeness (QED) is 0.608. The number of benzene rings is 2. The SMILES string of the molecule is c1ccc2nc3cc4c(cc3nc2c1)CCNC4. The number of nitrogens with one attached hydrogen (secondary N) is 1. The highest BCUT2D eigenvalue weighted by molar-refractivity contribution is 5.86. The molecule has 1 aliphatic heterocycles. The summed E-state index contributed by atoms with van der Waals surface area (Å²) in [6.07, 6.45) is 1.08. The second kappa shape index (κ2) is 3.75. The lowest BCUT2D eigenvalue weighted by atomic mass is 10.00. The van der Waals surface area contributed by atoms with Gasteiger partial charge in [-0.2, -0.15) is 0 Å². The van der Waals surface area contributed by atoms with Gasteiger partial charge in [0.05, 0.1) is 22.1 Å². The molecular formula is C15H13N3. The molecular weight excluding hydrogens is 222 g/mol. The minimum atomic E-state index is 0.944. The van der Waals surface area contributed by atoms with Crippen molar-refractivity contribution in [3.05, 3.63) is 47.5 Å². The summed E-state index contributed by atoms with van der Waals surface area (Å²) in [4.78, 5) is 9.40. The van der Waals surface area contributed by atoms with Crippen molar-refractivity contribution in [1.82, 2.24) is 15.3 Å². The largest absolute Gasteiger partial charge is 0.312 e. The van der Waals surface area contributed by atoms with Crippen molar-refractivity contribution in [2.24, 2.45) is 0 Å². The monoisotopic (exact) mass is 235 g/mol. The van der Waals surface area contributed by atoms with E-state index in [1.165, 1.54) is 11.1 Å². The molecule has 3 nitrogen and oxygen atoms in total. The van der Waals surface area contributed by atoms with Gasteiger partial charge in [-0.3, -0.25) is 0 Å². The lowest BCUT2D eigenvalue weighted by Gasteiger charge is -2.17. The summed E-state index contributed by atoms with van der Waals surface area (Å²) >= 11 is 0. The van der Waals surface area contributed by atoms with Gasteiger partial charge in [0.15, 0.2) is 0 Å². The molecule has 0 amide bonds. The van der Waals surface area contributed by atoms with Crippen molar-refractivity contribution >= 4 is 22.1 Å². The van der Waals surface area contributed by atoms with Gasteiger partial charge in [0.2, 0.25) is 0 Å². The molecule has 0 saturated carbocycles.